The lowest BCUT2D eigenvalue weighted by atomic mass is 9.97. The minimum Gasteiger partial charge on any atom is -0.361 e. The molecule has 1 aliphatic heterocycles. The van der Waals surface area contributed by atoms with Crippen molar-refractivity contribution in [2.24, 2.45) is 0 Å². The van der Waals surface area contributed by atoms with Gasteiger partial charge in [0.05, 0.1) is 17.1 Å². The van der Waals surface area contributed by atoms with Crippen LogP contribution in [0.1, 0.15) is 40.4 Å². The van der Waals surface area contributed by atoms with Crippen molar-refractivity contribution in [1.82, 2.24) is 19.7 Å². The molecule has 4 heterocycles. The van der Waals surface area contributed by atoms with E-state index in [1.165, 1.54) is 55.8 Å². The summed E-state index contributed by atoms with van der Waals surface area (Å²) in [6, 6.07) is 17.4. The number of H-pyrrole nitrogens is 1. The van der Waals surface area contributed by atoms with Crippen LogP contribution in [0.15, 0.2) is 60.9 Å². The molecule has 176 valence electrons. The van der Waals surface area contributed by atoms with Gasteiger partial charge < -0.3 is 9.88 Å². The van der Waals surface area contributed by atoms with E-state index in [4.69, 9.17) is 10.1 Å². The predicted octanol–water partition coefficient (Wildman–Crippen LogP) is 6.47. The first-order valence-corrected chi connectivity index (χ1v) is 12.5. The van der Waals surface area contributed by atoms with Crippen molar-refractivity contribution >= 4 is 16.7 Å². The number of aromatic nitrogens is 4. The van der Waals surface area contributed by atoms with Crippen molar-refractivity contribution in [2.45, 2.75) is 47.1 Å². The number of aryl methyl sites for hydroxylation is 4. The minimum absolute atomic E-state index is 0.801. The Morgan fingerprint density at radius 1 is 0.971 bits per heavy atom. The van der Waals surface area contributed by atoms with E-state index in [-0.39, 0.29) is 0 Å². The number of rotatable bonds is 4. The summed E-state index contributed by atoms with van der Waals surface area (Å²) in [6.07, 6.45) is 5.96. The van der Waals surface area contributed by atoms with Gasteiger partial charge in [-0.2, -0.15) is 5.10 Å². The van der Waals surface area contributed by atoms with Gasteiger partial charge in [-0.3, -0.25) is 0 Å². The average molecular weight is 462 g/mol. The summed E-state index contributed by atoms with van der Waals surface area (Å²) >= 11 is 0. The molecule has 0 spiro atoms. The number of benzene rings is 2. The Kier molecular flexibility index (Phi) is 5.21. The maximum absolute atomic E-state index is 5.25. The molecule has 1 N–H and O–H groups in total. The highest BCUT2D eigenvalue weighted by atomic mass is 15.3. The molecule has 0 fully saturated rings. The van der Waals surface area contributed by atoms with Gasteiger partial charge in [0.1, 0.15) is 5.82 Å². The summed E-state index contributed by atoms with van der Waals surface area (Å²) in [4.78, 5) is 10.7. The van der Waals surface area contributed by atoms with Gasteiger partial charge in [0, 0.05) is 53.9 Å². The van der Waals surface area contributed by atoms with Crippen LogP contribution in [0.3, 0.4) is 0 Å². The Morgan fingerprint density at radius 3 is 2.54 bits per heavy atom. The molecule has 6 rings (SSSR count). The molecule has 3 aromatic heterocycles. The number of hydrogen-bond donors (Lipinski definition) is 1. The minimum atomic E-state index is 0.801. The van der Waals surface area contributed by atoms with Crippen molar-refractivity contribution in [3.8, 4) is 16.9 Å². The lowest BCUT2D eigenvalue weighted by Gasteiger charge is -2.29. The fourth-order valence-corrected chi connectivity index (χ4v) is 5.57. The third-order valence-electron chi connectivity index (χ3n) is 7.35. The summed E-state index contributed by atoms with van der Waals surface area (Å²) in [5.41, 5.74) is 12.2. The highest BCUT2D eigenvalue weighted by molar-refractivity contribution is 5.95. The first-order chi connectivity index (χ1) is 17.0. The molecule has 0 aliphatic carbocycles. The highest BCUT2D eigenvalue weighted by Crippen LogP contribution is 2.38. The first kappa shape index (κ1) is 21.7. The van der Waals surface area contributed by atoms with Crippen molar-refractivity contribution < 1.29 is 0 Å². The molecule has 0 radical (unpaired) electrons. The summed E-state index contributed by atoms with van der Waals surface area (Å²) in [6.45, 7) is 10.4. The number of pyridine rings is 1. The van der Waals surface area contributed by atoms with Crippen molar-refractivity contribution in [1.29, 1.82) is 0 Å². The maximum atomic E-state index is 5.25. The van der Waals surface area contributed by atoms with E-state index in [2.05, 4.69) is 90.8 Å². The SMILES string of the molecule is CCc1cnc(N2CCc3nn(-c4c(C)cccc4C)c(-c4cccc5[nH]ccc45)c3C2)c(C)c1. The largest absolute Gasteiger partial charge is 0.361 e. The Labute approximate surface area is 206 Å². The van der Waals surface area contributed by atoms with Crippen LogP contribution in [0.4, 0.5) is 5.82 Å². The van der Waals surface area contributed by atoms with Crippen LogP contribution < -0.4 is 4.90 Å². The lowest BCUT2D eigenvalue weighted by molar-refractivity contribution is 0.703. The predicted molar refractivity (Wildman–Crippen MR) is 143 cm³/mol. The first-order valence-electron chi connectivity index (χ1n) is 12.5. The molecular weight excluding hydrogens is 430 g/mol. The fraction of sp³-hybridized carbons (Fsp3) is 0.267. The third kappa shape index (κ3) is 3.54. The molecular formula is C30H31N5. The number of anilines is 1. The second-order valence-corrected chi connectivity index (χ2v) is 9.68. The third-order valence-corrected chi connectivity index (χ3v) is 7.35. The summed E-state index contributed by atoms with van der Waals surface area (Å²) in [7, 11) is 0. The van der Waals surface area contributed by atoms with Crippen LogP contribution in [0.2, 0.25) is 0 Å². The normalized spacial score (nSPS) is 13.4. The van der Waals surface area contributed by atoms with Gasteiger partial charge in [-0.1, -0.05) is 43.3 Å². The molecule has 0 saturated carbocycles. The number of aromatic amines is 1. The molecule has 1 aliphatic rings. The van der Waals surface area contributed by atoms with Gasteiger partial charge in [0.25, 0.3) is 0 Å². The number of para-hydroxylation sites is 1. The lowest BCUT2D eigenvalue weighted by Crippen LogP contribution is -2.31. The number of nitrogens with one attached hydrogen (secondary N) is 1. The van der Waals surface area contributed by atoms with Crippen LogP contribution in [0.5, 0.6) is 0 Å². The summed E-state index contributed by atoms with van der Waals surface area (Å²) < 4.78 is 2.21. The van der Waals surface area contributed by atoms with E-state index in [1.54, 1.807) is 0 Å². The molecule has 0 bridgehead atoms. The van der Waals surface area contributed by atoms with Gasteiger partial charge in [0.15, 0.2) is 0 Å². The molecule has 5 nitrogen and oxygen atoms in total. The Morgan fingerprint density at radius 2 is 1.77 bits per heavy atom. The Balaban J connectivity index is 1.56. The van der Waals surface area contributed by atoms with E-state index in [0.29, 0.717) is 0 Å². The van der Waals surface area contributed by atoms with Crippen LogP contribution in [0, 0.1) is 20.8 Å². The van der Waals surface area contributed by atoms with Crippen LogP contribution in [0.25, 0.3) is 27.8 Å². The zero-order valence-electron chi connectivity index (χ0n) is 20.9. The van der Waals surface area contributed by atoms with Gasteiger partial charge in [-0.15, -0.1) is 0 Å². The molecule has 2 aromatic carbocycles. The number of fused-ring (bicyclic) bond motifs is 2. The standard InChI is InChI=1S/C30H31N5/c1-5-22-16-21(4)30(32-17-22)34-15-13-27-25(18-34)29(24-10-7-11-26-23(24)12-14-31-26)35(33-27)28-19(2)8-6-9-20(28)3/h6-12,14,16-17,31H,5,13,15,18H2,1-4H3. The molecule has 0 amide bonds. The van der Waals surface area contributed by atoms with Gasteiger partial charge in [-0.25, -0.2) is 9.67 Å². The quantitative estimate of drug-likeness (QED) is 0.334. The van der Waals surface area contributed by atoms with E-state index in [0.717, 1.165) is 37.3 Å². The maximum Gasteiger partial charge on any atom is 0.131 e. The molecule has 35 heavy (non-hydrogen) atoms. The van der Waals surface area contributed by atoms with E-state index in [1.807, 2.05) is 12.4 Å². The molecule has 0 unspecified atom stereocenters. The number of nitrogens with zero attached hydrogens (tertiary/aromatic N) is 4. The molecule has 5 aromatic rings. The van der Waals surface area contributed by atoms with E-state index in [9.17, 15) is 0 Å². The second-order valence-electron chi connectivity index (χ2n) is 9.68. The van der Waals surface area contributed by atoms with Crippen LogP contribution >= 0.6 is 0 Å². The fourth-order valence-electron chi connectivity index (χ4n) is 5.57. The zero-order valence-corrected chi connectivity index (χ0v) is 20.9. The van der Waals surface area contributed by atoms with Crippen molar-refractivity contribution in [3.05, 3.63) is 94.4 Å². The van der Waals surface area contributed by atoms with Crippen molar-refractivity contribution in [3.63, 3.8) is 0 Å². The van der Waals surface area contributed by atoms with Crippen molar-refractivity contribution in [2.75, 3.05) is 11.4 Å². The summed E-state index contributed by atoms with van der Waals surface area (Å²) in [5.74, 6) is 1.08. The zero-order chi connectivity index (χ0) is 24.1. The van der Waals surface area contributed by atoms with E-state index >= 15 is 0 Å². The molecule has 0 atom stereocenters. The second kappa shape index (κ2) is 8.42. The van der Waals surface area contributed by atoms with Crippen LogP contribution in [-0.2, 0) is 19.4 Å². The van der Waals surface area contributed by atoms with Crippen LogP contribution in [-0.4, -0.2) is 26.3 Å². The van der Waals surface area contributed by atoms with Gasteiger partial charge in [0.2, 0.25) is 0 Å². The Hall–Kier alpha value is -3.86. The topological polar surface area (TPSA) is 49.7 Å². The molecule has 5 heteroatoms. The van der Waals surface area contributed by atoms with Gasteiger partial charge >= 0.3 is 0 Å². The Bertz CT molecular complexity index is 1530. The average Bonchev–Trinajstić information content (AvgIpc) is 3.48. The van der Waals surface area contributed by atoms with E-state index < -0.39 is 0 Å². The monoisotopic (exact) mass is 461 g/mol. The summed E-state index contributed by atoms with van der Waals surface area (Å²) in [5, 5.41) is 6.47. The number of hydrogen-bond acceptors (Lipinski definition) is 3. The molecule has 0 saturated heterocycles. The smallest absolute Gasteiger partial charge is 0.131 e. The van der Waals surface area contributed by atoms with Gasteiger partial charge in [-0.05, 0) is 61.6 Å². The highest BCUT2D eigenvalue weighted by Gasteiger charge is 2.29.